The monoisotopic (exact) mass is 333 g/mol. The number of rotatable bonds is 7. The Labute approximate surface area is 150 Å². The molecule has 3 rings (SSSR count). The fraction of sp³-hybridized carbons (Fsp3) is 0.364. The average Bonchev–Trinajstić information content (AvgIpc) is 3.03. The molecule has 3 nitrogen and oxygen atoms in total. The minimum Gasteiger partial charge on any atom is -0.245 e. The maximum atomic E-state index is 4.69. The number of hydrogen-bond acceptors (Lipinski definition) is 2. The third-order valence-corrected chi connectivity index (χ3v) is 4.60. The largest absolute Gasteiger partial charge is 0.245 e. The molecule has 0 spiro atoms. The first-order valence-corrected chi connectivity index (χ1v) is 9.28. The van der Waals surface area contributed by atoms with Crippen LogP contribution in [0.2, 0.25) is 0 Å². The lowest BCUT2D eigenvalue weighted by molar-refractivity contribution is 0.614. The normalized spacial score (nSPS) is 11.0. The molecular weight excluding hydrogens is 306 g/mol. The van der Waals surface area contributed by atoms with E-state index >= 15 is 0 Å². The molecule has 0 aliphatic heterocycles. The standard InChI is InChI=1S/C22H27N3/c1-4-6-11-22-23-21(5-2)24-25(22)16-18-12-14-19(15-13-18)20-10-8-7-9-17(20)3/h7-10,12-15H,4-6,11,16H2,1-3H3. The Balaban J connectivity index is 1.80. The lowest BCUT2D eigenvalue weighted by atomic mass is 10.00. The highest BCUT2D eigenvalue weighted by Gasteiger charge is 2.09. The van der Waals surface area contributed by atoms with E-state index in [2.05, 4.69) is 79.1 Å². The highest BCUT2D eigenvalue weighted by molar-refractivity contribution is 5.67. The number of unbranched alkanes of at least 4 members (excludes halogenated alkanes) is 1. The third kappa shape index (κ3) is 4.16. The van der Waals surface area contributed by atoms with Crippen LogP contribution in [0.25, 0.3) is 11.1 Å². The number of aryl methyl sites for hydroxylation is 3. The number of aromatic nitrogens is 3. The zero-order chi connectivity index (χ0) is 17.6. The molecular formula is C22H27N3. The van der Waals surface area contributed by atoms with Crippen molar-refractivity contribution in [3.63, 3.8) is 0 Å². The van der Waals surface area contributed by atoms with Gasteiger partial charge in [-0.2, -0.15) is 5.10 Å². The summed E-state index contributed by atoms with van der Waals surface area (Å²) in [7, 11) is 0. The smallest absolute Gasteiger partial charge is 0.150 e. The second-order valence-electron chi connectivity index (χ2n) is 6.57. The molecule has 130 valence electrons. The van der Waals surface area contributed by atoms with Crippen LogP contribution in [0.1, 0.15) is 49.5 Å². The van der Waals surface area contributed by atoms with E-state index in [9.17, 15) is 0 Å². The molecule has 3 heteroatoms. The van der Waals surface area contributed by atoms with Crippen LogP contribution in [0.3, 0.4) is 0 Å². The van der Waals surface area contributed by atoms with Gasteiger partial charge in [-0.15, -0.1) is 0 Å². The molecule has 0 radical (unpaired) electrons. The molecule has 0 amide bonds. The summed E-state index contributed by atoms with van der Waals surface area (Å²) in [5, 5.41) is 4.68. The van der Waals surface area contributed by atoms with Gasteiger partial charge in [0.05, 0.1) is 6.54 Å². The summed E-state index contributed by atoms with van der Waals surface area (Å²) in [5.41, 5.74) is 5.14. The van der Waals surface area contributed by atoms with Gasteiger partial charge in [0, 0.05) is 12.8 Å². The Morgan fingerprint density at radius 1 is 0.960 bits per heavy atom. The van der Waals surface area contributed by atoms with Gasteiger partial charge in [-0.3, -0.25) is 0 Å². The Hall–Kier alpha value is -2.42. The first kappa shape index (κ1) is 17.4. The predicted molar refractivity (Wildman–Crippen MR) is 104 cm³/mol. The van der Waals surface area contributed by atoms with Gasteiger partial charge >= 0.3 is 0 Å². The molecule has 3 aromatic rings. The van der Waals surface area contributed by atoms with Crippen molar-refractivity contribution in [2.45, 2.75) is 53.0 Å². The van der Waals surface area contributed by atoms with E-state index < -0.39 is 0 Å². The zero-order valence-electron chi connectivity index (χ0n) is 15.5. The quantitative estimate of drug-likeness (QED) is 0.594. The van der Waals surface area contributed by atoms with E-state index in [4.69, 9.17) is 4.98 Å². The lowest BCUT2D eigenvalue weighted by Crippen LogP contribution is -2.07. The van der Waals surface area contributed by atoms with Gasteiger partial charge in [-0.25, -0.2) is 9.67 Å². The Bertz CT molecular complexity index is 816. The van der Waals surface area contributed by atoms with Crippen LogP contribution in [0.4, 0.5) is 0 Å². The highest BCUT2D eigenvalue weighted by atomic mass is 15.3. The summed E-state index contributed by atoms with van der Waals surface area (Å²) in [6.45, 7) is 7.27. The molecule has 0 fully saturated rings. The molecule has 0 aliphatic rings. The Morgan fingerprint density at radius 3 is 2.40 bits per heavy atom. The fourth-order valence-corrected chi connectivity index (χ4v) is 3.08. The van der Waals surface area contributed by atoms with Crippen LogP contribution < -0.4 is 0 Å². The molecule has 0 aliphatic carbocycles. The molecule has 1 heterocycles. The second kappa shape index (κ2) is 8.11. The summed E-state index contributed by atoms with van der Waals surface area (Å²) >= 11 is 0. The maximum Gasteiger partial charge on any atom is 0.150 e. The molecule has 0 unspecified atom stereocenters. The molecule has 25 heavy (non-hydrogen) atoms. The van der Waals surface area contributed by atoms with Crippen LogP contribution in [0, 0.1) is 6.92 Å². The van der Waals surface area contributed by atoms with Crippen molar-refractivity contribution >= 4 is 0 Å². The molecule has 0 saturated heterocycles. The van der Waals surface area contributed by atoms with Gasteiger partial charge in [-0.1, -0.05) is 68.8 Å². The molecule has 0 atom stereocenters. The minimum absolute atomic E-state index is 0.792. The third-order valence-electron chi connectivity index (χ3n) is 4.60. The van der Waals surface area contributed by atoms with E-state index in [0.29, 0.717) is 0 Å². The fourth-order valence-electron chi connectivity index (χ4n) is 3.08. The summed E-state index contributed by atoms with van der Waals surface area (Å²) in [4.78, 5) is 4.69. The van der Waals surface area contributed by atoms with Crippen molar-refractivity contribution in [3.8, 4) is 11.1 Å². The lowest BCUT2D eigenvalue weighted by Gasteiger charge is -2.09. The van der Waals surface area contributed by atoms with Gasteiger partial charge in [-0.05, 0) is 35.6 Å². The van der Waals surface area contributed by atoms with Crippen LogP contribution in [0.5, 0.6) is 0 Å². The van der Waals surface area contributed by atoms with Crippen molar-refractivity contribution in [2.75, 3.05) is 0 Å². The molecule has 0 bridgehead atoms. The summed E-state index contributed by atoms with van der Waals surface area (Å²) < 4.78 is 2.08. The van der Waals surface area contributed by atoms with Crippen molar-refractivity contribution in [1.29, 1.82) is 0 Å². The Kier molecular flexibility index (Phi) is 5.64. The molecule has 0 N–H and O–H groups in total. The van der Waals surface area contributed by atoms with Gasteiger partial charge in [0.1, 0.15) is 5.82 Å². The first-order chi connectivity index (χ1) is 12.2. The number of nitrogens with zero attached hydrogens (tertiary/aromatic N) is 3. The predicted octanol–water partition coefficient (Wildman–Crippen LogP) is 5.21. The van der Waals surface area contributed by atoms with E-state index in [1.54, 1.807) is 0 Å². The Morgan fingerprint density at radius 2 is 1.72 bits per heavy atom. The van der Waals surface area contributed by atoms with Gasteiger partial charge in [0.25, 0.3) is 0 Å². The summed E-state index contributed by atoms with van der Waals surface area (Å²) in [6.07, 6.45) is 4.23. The van der Waals surface area contributed by atoms with Gasteiger partial charge in [0.2, 0.25) is 0 Å². The van der Waals surface area contributed by atoms with Crippen molar-refractivity contribution in [2.24, 2.45) is 0 Å². The van der Waals surface area contributed by atoms with Crippen molar-refractivity contribution in [1.82, 2.24) is 14.8 Å². The molecule has 2 aromatic carbocycles. The topological polar surface area (TPSA) is 30.7 Å². The number of benzene rings is 2. The maximum absolute atomic E-state index is 4.69. The number of hydrogen-bond donors (Lipinski definition) is 0. The van der Waals surface area contributed by atoms with Crippen molar-refractivity contribution < 1.29 is 0 Å². The minimum atomic E-state index is 0.792. The second-order valence-corrected chi connectivity index (χ2v) is 6.57. The zero-order valence-corrected chi connectivity index (χ0v) is 15.5. The molecule has 0 saturated carbocycles. The highest BCUT2D eigenvalue weighted by Crippen LogP contribution is 2.23. The van der Waals surface area contributed by atoms with Gasteiger partial charge < -0.3 is 0 Å². The van der Waals surface area contributed by atoms with Gasteiger partial charge in [0.15, 0.2) is 5.82 Å². The van der Waals surface area contributed by atoms with E-state index in [1.807, 2.05) is 0 Å². The summed E-state index contributed by atoms with van der Waals surface area (Å²) in [6, 6.07) is 17.3. The van der Waals surface area contributed by atoms with E-state index in [1.165, 1.54) is 28.7 Å². The summed E-state index contributed by atoms with van der Waals surface area (Å²) in [5.74, 6) is 2.06. The molecule has 1 aromatic heterocycles. The van der Waals surface area contributed by atoms with E-state index in [-0.39, 0.29) is 0 Å². The van der Waals surface area contributed by atoms with Crippen LogP contribution in [0.15, 0.2) is 48.5 Å². The van der Waals surface area contributed by atoms with Crippen LogP contribution >= 0.6 is 0 Å². The first-order valence-electron chi connectivity index (χ1n) is 9.28. The van der Waals surface area contributed by atoms with Crippen LogP contribution in [-0.2, 0) is 19.4 Å². The average molecular weight is 333 g/mol. The van der Waals surface area contributed by atoms with Crippen molar-refractivity contribution in [3.05, 3.63) is 71.3 Å². The van der Waals surface area contributed by atoms with E-state index in [0.717, 1.165) is 37.5 Å². The SMILES string of the molecule is CCCCc1nc(CC)nn1Cc1ccc(-c2ccccc2C)cc1. The van der Waals surface area contributed by atoms with Crippen LogP contribution in [-0.4, -0.2) is 14.8 Å².